The molecule has 0 spiro atoms. The molecule has 0 aliphatic rings. The number of hydrogen-bond acceptors (Lipinski definition) is 3. The summed E-state index contributed by atoms with van der Waals surface area (Å²) in [6, 6.07) is 0.122. The summed E-state index contributed by atoms with van der Waals surface area (Å²) in [7, 11) is 0. The number of hydrogen-bond donors (Lipinski definition) is 3. The Bertz CT molecular complexity index is 277. The van der Waals surface area contributed by atoms with Gasteiger partial charge in [0.05, 0.1) is 0 Å². The monoisotopic (exact) mass is 257 g/mol. The lowest BCUT2D eigenvalue weighted by molar-refractivity contribution is -0.124. The van der Waals surface area contributed by atoms with Crippen molar-refractivity contribution in [1.82, 2.24) is 5.32 Å². The zero-order valence-electron chi connectivity index (χ0n) is 11.9. The van der Waals surface area contributed by atoms with Crippen molar-refractivity contribution in [2.24, 2.45) is 22.7 Å². The third-order valence-electron chi connectivity index (χ3n) is 3.01. The first-order valence-corrected chi connectivity index (χ1v) is 6.71. The number of amides is 1. The SMILES string of the molecule is CCCCCC(C)NC(=O)C(C(N)=NO)C(C)C. The Hall–Kier alpha value is -1.26. The number of oxime groups is 1. The van der Waals surface area contributed by atoms with Crippen LogP contribution in [0.3, 0.4) is 0 Å². The molecule has 0 aliphatic heterocycles. The van der Waals surface area contributed by atoms with Gasteiger partial charge in [-0.2, -0.15) is 0 Å². The smallest absolute Gasteiger partial charge is 0.231 e. The number of carbonyl (C=O) groups excluding carboxylic acids is 1. The fourth-order valence-electron chi connectivity index (χ4n) is 1.95. The predicted molar refractivity (Wildman–Crippen MR) is 73.5 cm³/mol. The number of nitrogens with one attached hydrogen (secondary N) is 1. The average Bonchev–Trinajstić information content (AvgIpc) is 2.28. The number of carbonyl (C=O) groups is 1. The van der Waals surface area contributed by atoms with E-state index in [0.717, 1.165) is 12.8 Å². The molecule has 0 aromatic carbocycles. The molecule has 5 nitrogen and oxygen atoms in total. The van der Waals surface area contributed by atoms with E-state index < -0.39 is 5.92 Å². The van der Waals surface area contributed by atoms with Crippen molar-refractivity contribution in [2.75, 3.05) is 0 Å². The van der Waals surface area contributed by atoms with Crippen LogP contribution in [0.15, 0.2) is 5.16 Å². The largest absolute Gasteiger partial charge is 0.409 e. The van der Waals surface area contributed by atoms with E-state index in [9.17, 15) is 4.79 Å². The maximum atomic E-state index is 12.0. The van der Waals surface area contributed by atoms with Gasteiger partial charge in [-0.3, -0.25) is 4.79 Å². The summed E-state index contributed by atoms with van der Waals surface area (Å²) in [5.41, 5.74) is 5.56. The zero-order chi connectivity index (χ0) is 14.1. The molecule has 0 rings (SSSR count). The summed E-state index contributed by atoms with van der Waals surface area (Å²) in [6.07, 6.45) is 4.40. The average molecular weight is 257 g/mol. The first-order chi connectivity index (χ1) is 8.43. The fourth-order valence-corrected chi connectivity index (χ4v) is 1.95. The first-order valence-electron chi connectivity index (χ1n) is 6.71. The van der Waals surface area contributed by atoms with E-state index in [0.29, 0.717) is 0 Å². The Morgan fingerprint density at radius 1 is 1.33 bits per heavy atom. The highest BCUT2D eigenvalue weighted by Crippen LogP contribution is 2.12. The third-order valence-corrected chi connectivity index (χ3v) is 3.01. The zero-order valence-corrected chi connectivity index (χ0v) is 11.9. The predicted octanol–water partition coefficient (Wildman–Crippen LogP) is 2.09. The maximum Gasteiger partial charge on any atom is 0.231 e. The molecule has 0 saturated heterocycles. The van der Waals surface area contributed by atoms with Crippen LogP contribution < -0.4 is 11.1 Å². The van der Waals surface area contributed by atoms with Gasteiger partial charge in [0.25, 0.3) is 0 Å². The van der Waals surface area contributed by atoms with Gasteiger partial charge in [0.2, 0.25) is 5.91 Å². The Morgan fingerprint density at radius 2 is 1.94 bits per heavy atom. The van der Waals surface area contributed by atoms with E-state index in [1.807, 2.05) is 20.8 Å². The molecular weight excluding hydrogens is 230 g/mol. The summed E-state index contributed by atoms with van der Waals surface area (Å²) in [5, 5.41) is 14.6. The molecule has 0 saturated carbocycles. The van der Waals surface area contributed by atoms with E-state index in [-0.39, 0.29) is 23.7 Å². The molecule has 0 bridgehead atoms. The normalized spacial score (nSPS) is 15.5. The van der Waals surface area contributed by atoms with Crippen molar-refractivity contribution in [2.45, 2.75) is 59.4 Å². The highest BCUT2D eigenvalue weighted by atomic mass is 16.4. The minimum absolute atomic E-state index is 0.00346. The van der Waals surface area contributed by atoms with Gasteiger partial charge in [-0.15, -0.1) is 0 Å². The van der Waals surface area contributed by atoms with Gasteiger partial charge in [0, 0.05) is 6.04 Å². The molecule has 0 aromatic heterocycles. The molecule has 18 heavy (non-hydrogen) atoms. The van der Waals surface area contributed by atoms with E-state index in [1.165, 1.54) is 12.8 Å². The molecule has 1 amide bonds. The van der Waals surface area contributed by atoms with Gasteiger partial charge in [-0.05, 0) is 19.3 Å². The standard InChI is InChI=1S/C13H27N3O2/c1-5-6-7-8-10(4)15-13(17)11(9(2)3)12(14)16-18/h9-11,18H,5-8H2,1-4H3,(H2,14,16)(H,15,17). The summed E-state index contributed by atoms with van der Waals surface area (Å²) in [5.74, 6) is -0.750. The van der Waals surface area contributed by atoms with Crippen LogP contribution in [0.25, 0.3) is 0 Å². The molecule has 4 N–H and O–H groups in total. The molecular formula is C13H27N3O2. The molecule has 0 fully saturated rings. The molecule has 0 aromatic rings. The Morgan fingerprint density at radius 3 is 2.39 bits per heavy atom. The van der Waals surface area contributed by atoms with Crippen LogP contribution in [0.2, 0.25) is 0 Å². The van der Waals surface area contributed by atoms with Gasteiger partial charge in [-0.1, -0.05) is 45.2 Å². The summed E-state index contributed by atoms with van der Waals surface area (Å²) >= 11 is 0. The number of rotatable bonds is 8. The Labute approximate surface area is 110 Å². The van der Waals surface area contributed by atoms with Gasteiger partial charge in [-0.25, -0.2) is 0 Å². The second-order valence-electron chi connectivity index (χ2n) is 5.15. The molecule has 0 heterocycles. The van der Waals surface area contributed by atoms with Crippen LogP contribution in [-0.2, 0) is 4.79 Å². The molecule has 0 radical (unpaired) electrons. The highest BCUT2D eigenvalue weighted by Gasteiger charge is 2.27. The maximum absolute atomic E-state index is 12.0. The van der Waals surface area contributed by atoms with Crippen LogP contribution >= 0.6 is 0 Å². The van der Waals surface area contributed by atoms with Crippen LogP contribution in [0.5, 0.6) is 0 Å². The number of amidine groups is 1. The van der Waals surface area contributed by atoms with E-state index >= 15 is 0 Å². The quantitative estimate of drug-likeness (QED) is 0.204. The first kappa shape index (κ1) is 16.7. The number of nitrogens with two attached hydrogens (primary N) is 1. The van der Waals surface area contributed by atoms with Crippen molar-refractivity contribution in [3.8, 4) is 0 Å². The molecule has 2 atom stereocenters. The molecule has 106 valence electrons. The van der Waals surface area contributed by atoms with Crippen molar-refractivity contribution in [3.05, 3.63) is 0 Å². The van der Waals surface area contributed by atoms with Crippen LogP contribution in [0.1, 0.15) is 53.4 Å². The summed E-state index contributed by atoms with van der Waals surface area (Å²) in [6.45, 7) is 7.89. The van der Waals surface area contributed by atoms with Crippen molar-refractivity contribution < 1.29 is 10.0 Å². The van der Waals surface area contributed by atoms with Gasteiger partial charge in [0.15, 0.2) is 5.84 Å². The second kappa shape index (κ2) is 8.78. The van der Waals surface area contributed by atoms with Gasteiger partial charge >= 0.3 is 0 Å². The fraction of sp³-hybridized carbons (Fsp3) is 0.846. The summed E-state index contributed by atoms with van der Waals surface area (Å²) in [4.78, 5) is 12.0. The van der Waals surface area contributed by atoms with E-state index in [4.69, 9.17) is 10.9 Å². The minimum Gasteiger partial charge on any atom is -0.409 e. The van der Waals surface area contributed by atoms with E-state index in [1.54, 1.807) is 0 Å². The number of unbranched alkanes of at least 4 members (excludes halogenated alkanes) is 2. The summed E-state index contributed by atoms with van der Waals surface area (Å²) < 4.78 is 0. The lowest BCUT2D eigenvalue weighted by atomic mass is 9.93. The van der Waals surface area contributed by atoms with E-state index in [2.05, 4.69) is 17.4 Å². The van der Waals surface area contributed by atoms with Crippen molar-refractivity contribution >= 4 is 11.7 Å². The number of nitrogens with zero attached hydrogens (tertiary/aromatic N) is 1. The molecule has 0 aliphatic carbocycles. The Balaban J connectivity index is 4.34. The van der Waals surface area contributed by atoms with Gasteiger partial charge in [0.1, 0.15) is 5.92 Å². The second-order valence-corrected chi connectivity index (χ2v) is 5.15. The minimum atomic E-state index is -0.566. The van der Waals surface area contributed by atoms with Crippen LogP contribution in [0, 0.1) is 11.8 Å². The lowest BCUT2D eigenvalue weighted by Crippen LogP contribution is -2.44. The Kier molecular flexibility index (Phi) is 8.16. The molecule has 5 heteroatoms. The third kappa shape index (κ3) is 5.89. The highest BCUT2D eigenvalue weighted by molar-refractivity contribution is 6.02. The van der Waals surface area contributed by atoms with Crippen LogP contribution in [-0.4, -0.2) is 23.0 Å². The van der Waals surface area contributed by atoms with Gasteiger partial charge < -0.3 is 16.3 Å². The van der Waals surface area contributed by atoms with Crippen molar-refractivity contribution in [1.29, 1.82) is 0 Å². The lowest BCUT2D eigenvalue weighted by Gasteiger charge is -2.21. The van der Waals surface area contributed by atoms with Crippen LogP contribution in [0.4, 0.5) is 0 Å². The topological polar surface area (TPSA) is 87.7 Å². The molecule has 2 unspecified atom stereocenters. The van der Waals surface area contributed by atoms with Crippen molar-refractivity contribution in [3.63, 3.8) is 0 Å².